The standard InChI is InChI=1S/C32H27N3O11S3/c1-20-7-8-22(30(15-20)49(39,40)41)10-9-21-11-12-25(18-28(21)47-45-43-37)34-35-31-29(48-46-44-38)17-23-16-24(13-14-27(23)32(31)36)33-19-42-26-5-3-2-4-6-26/h2-18,33,36-38H,19H2,1H3,(H,39,40,41). The number of anilines is 1. The Labute approximate surface area is 288 Å². The zero-order chi connectivity index (χ0) is 34.8. The van der Waals surface area contributed by atoms with Gasteiger partial charge in [-0.05, 0) is 83.6 Å². The van der Waals surface area contributed by atoms with Crippen molar-refractivity contribution in [3.8, 4) is 11.5 Å². The zero-order valence-electron chi connectivity index (χ0n) is 25.3. The molecule has 0 aliphatic heterocycles. The SMILES string of the molecule is Cc1ccc(C=Cc2ccc(N=Nc3c(SOOO)cc4cc(NCOc5ccccc5)ccc4c3O)cc2SOOO)c(S(=O)(=O)O)c1. The van der Waals surface area contributed by atoms with E-state index < -0.39 is 10.1 Å². The van der Waals surface area contributed by atoms with Gasteiger partial charge in [0.15, 0.2) is 12.5 Å². The van der Waals surface area contributed by atoms with Crippen LogP contribution in [0, 0.1) is 6.92 Å². The number of hydrogen-bond acceptors (Lipinski definition) is 15. The van der Waals surface area contributed by atoms with Crippen LogP contribution in [0.1, 0.15) is 16.7 Å². The molecule has 17 heteroatoms. The zero-order valence-corrected chi connectivity index (χ0v) is 27.7. The van der Waals surface area contributed by atoms with E-state index >= 15 is 0 Å². The minimum absolute atomic E-state index is 0.00732. The molecular weight excluding hydrogens is 699 g/mol. The van der Waals surface area contributed by atoms with Gasteiger partial charge >= 0.3 is 0 Å². The highest BCUT2D eigenvalue weighted by molar-refractivity contribution is 7.95. The lowest BCUT2D eigenvalue weighted by molar-refractivity contribution is -0.432. The highest BCUT2D eigenvalue weighted by Crippen LogP contribution is 2.44. The van der Waals surface area contributed by atoms with Crippen molar-refractivity contribution in [2.45, 2.75) is 21.6 Å². The Balaban J connectivity index is 1.42. The molecule has 0 unspecified atom stereocenters. The molecule has 254 valence electrons. The van der Waals surface area contributed by atoms with Crippen molar-refractivity contribution < 1.29 is 52.1 Å². The van der Waals surface area contributed by atoms with Gasteiger partial charge in [-0.25, -0.2) is 10.5 Å². The molecule has 5 aromatic carbocycles. The minimum Gasteiger partial charge on any atom is -0.505 e. The van der Waals surface area contributed by atoms with E-state index in [-0.39, 0.29) is 39.2 Å². The summed E-state index contributed by atoms with van der Waals surface area (Å²) in [4.78, 5) is 0.356. The Hall–Kier alpha value is -4.53. The Bertz CT molecular complexity index is 2100. The molecule has 0 saturated heterocycles. The van der Waals surface area contributed by atoms with Crippen molar-refractivity contribution in [1.29, 1.82) is 0 Å². The molecule has 5 rings (SSSR count). The quantitative estimate of drug-likeness (QED) is 0.0130. The van der Waals surface area contributed by atoms with Crippen LogP contribution < -0.4 is 10.1 Å². The Morgan fingerprint density at radius 1 is 0.816 bits per heavy atom. The molecule has 0 bridgehead atoms. The fourth-order valence-corrected chi connectivity index (χ4v) is 6.30. The molecule has 14 nitrogen and oxygen atoms in total. The van der Waals surface area contributed by atoms with Crippen molar-refractivity contribution in [2.24, 2.45) is 10.2 Å². The number of para-hydroxylation sites is 1. The van der Waals surface area contributed by atoms with E-state index in [4.69, 9.17) is 15.3 Å². The number of phenolic OH excluding ortho intramolecular Hbond substituents is 1. The van der Waals surface area contributed by atoms with Gasteiger partial charge in [0.1, 0.15) is 16.3 Å². The summed E-state index contributed by atoms with van der Waals surface area (Å²) >= 11 is 1.22. The highest BCUT2D eigenvalue weighted by Gasteiger charge is 2.17. The van der Waals surface area contributed by atoms with Crippen LogP contribution in [0.4, 0.5) is 17.1 Å². The van der Waals surface area contributed by atoms with Gasteiger partial charge in [0.25, 0.3) is 10.1 Å². The van der Waals surface area contributed by atoms with Crippen LogP contribution in [-0.4, -0.2) is 35.3 Å². The first-order valence-corrected chi connectivity index (χ1v) is 16.9. The average Bonchev–Trinajstić information content (AvgIpc) is 3.09. The van der Waals surface area contributed by atoms with E-state index in [2.05, 4.69) is 34.3 Å². The maximum Gasteiger partial charge on any atom is 0.295 e. The van der Waals surface area contributed by atoms with Gasteiger partial charge < -0.3 is 15.2 Å². The fraction of sp³-hybridized carbons (Fsp3) is 0.0625. The van der Waals surface area contributed by atoms with Crippen molar-refractivity contribution >= 4 is 74.2 Å². The van der Waals surface area contributed by atoms with Crippen LogP contribution in [0.3, 0.4) is 0 Å². The van der Waals surface area contributed by atoms with Crippen LogP contribution in [0.15, 0.2) is 116 Å². The lowest BCUT2D eigenvalue weighted by Gasteiger charge is -2.12. The number of nitrogens with zero attached hydrogens (tertiary/aromatic N) is 2. The molecule has 0 saturated carbocycles. The Kier molecular flexibility index (Phi) is 12.2. The van der Waals surface area contributed by atoms with Gasteiger partial charge in [-0.1, -0.05) is 58.6 Å². The van der Waals surface area contributed by atoms with Gasteiger partial charge in [0.2, 0.25) is 0 Å². The third kappa shape index (κ3) is 9.55. The predicted octanol–water partition coefficient (Wildman–Crippen LogP) is 8.99. The number of phenols is 1. The number of ether oxygens (including phenoxy) is 1. The summed E-state index contributed by atoms with van der Waals surface area (Å²) in [5.74, 6) is 0.474. The summed E-state index contributed by atoms with van der Waals surface area (Å²) in [6.45, 7) is 1.89. The summed E-state index contributed by atoms with van der Waals surface area (Å²) in [5, 5.41) is 48.9. The van der Waals surface area contributed by atoms with Crippen LogP contribution in [-0.2, 0) is 28.9 Å². The molecule has 0 aliphatic carbocycles. The normalized spacial score (nSPS) is 11.9. The molecule has 0 radical (unpaired) electrons. The molecule has 0 amide bonds. The monoisotopic (exact) mass is 725 g/mol. The van der Waals surface area contributed by atoms with Crippen molar-refractivity contribution in [3.63, 3.8) is 0 Å². The van der Waals surface area contributed by atoms with Crippen LogP contribution in [0.25, 0.3) is 22.9 Å². The molecule has 0 heterocycles. The van der Waals surface area contributed by atoms with Gasteiger partial charge in [-0.3, -0.25) is 4.55 Å². The van der Waals surface area contributed by atoms with Crippen LogP contribution in [0.2, 0.25) is 0 Å². The molecule has 0 fully saturated rings. The average molecular weight is 726 g/mol. The number of rotatable bonds is 15. The first kappa shape index (κ1) is 35.8. The second kappa shape index (κ2) is 16.7. The minimum atomic E-state index is -4.49. The molecule has 5 aromatic rings. The molecule has 0 spiro atoms. The van der Waals surface area contributed by atoms with Crippen molar-refractivity contribution in [3.05, 3.63) is 108 Å². The topological polar surface area (TPSA) is 198 Å². The van der Waals surface area contributed by atoms with E-state index in [9.17, 15) is 18.1 Å². The largest absolute Gasteiger partial charge is 0.505 e. The fourth-order valence-electron chi connectivity index (χ4n) is 4.53. The van der Waals surface area contributed by atoms with Gasteiger partial charge in [0, 0.05) is 16.0 Å². The number of azo groups is 1. The number of hydrogen-bond donors (Lipinski definition) is 5. The first-order chi connectivity index (χ1) is 23.7. The second-order valence-corrected chi connectivity index (χ2v) is 12.9. The molecule has 0 aromatic heterocycles. The van der Waals surface area contributed by atoms with Crippen LogP contribution >= 0.6 is 24.1 Å². The lowest BCUT2D eigenvalue weighted by atomic mass is 10.1. The third-order valence-corrected chi connectivity index (χ3v) is 8.96. The Morgan fingerprint density at radius 3 is 2.27 bits per heavy atom. The van der Waals surface area contributed by atoms with E-state index in [1.165, 1.54) is 18.2 Å². The van der Waals surface area contributed by atoms with Crippen molar-refractivity contribution in [1.82, 2.24) is 0 Å². The Morgan fingerprint density at radius 2 is 1.53 bits per heavy atom. The van der Waals surface area contributed by atoms with Gasteiger partial charge in [-0.2, -0.15) is 13.5 Å². The van der Waals surface area contributed by atoms with E-state index in [0.29, 0.717) is 62.3 Å². The smallest absolute Gasteiger partial charge is 0.295 e. The van der Waals surface area contributed by atoms with Gasteiger partial charge in [0.05, 0.1) is 34.7 Å². The lowest BCUT2D eigenvalue weighted by Crippen LogP contribution is -2.08. The molecule has 49 heavy (non-hydrogen) atoms. The maximum absolute atomic E-state index is 11.9. The van der Waals surface area contributed by atoms with Crippen LogP contribution in [0.5, 0.6) is 11.5 Å². The van der Waals surface area contributed by atoms with E-state index in [1.807, 2.05) is 30.3 Å². The van der Waals surface area contributed by atoms with E-state index in [1.54, 1.807) is 61.5 Å². The predicted molar refractivity (Wildman–Crippen MR) is 183 cm³/mol. The number of nitrogens with one attached hydrogen (secondary N) is 1. The highest BCUT2D eigenvalue weighted by atomic mass is 32.2. The number of benzene rings is 5. The molecular formula is C32H27N3O11S3. The summed E-state index contributed by atoms with van der Waals surface area (Å²) < 4.78 is 48.5. The maximum atomic E-state index is 11.9. The summed E-state index contributed by atoms with van der Waals surface area (Å²) in [6, 6.07) is 25.5. The first-order valence-electron chi connectivity index (χ1n) is 14.0. The third-order valence-electron chi connectivity index (χ3n) is 6.77. The summed E-state index contributed by atoms with van der Waals surface area (Å²) in [6.07, 6.45) is 3.05. The number of fused-ring (bicyclic) bond motifs is 1. The molecule has 0 aliphatic rings. The molecule has 0 atom stereocenters. The number of aryl methyl sites for hydroxylation is 1. The summed E-state index contributed by atoms with van der Waals surface area (Å²) in [5.41, 5.74) is 2.37. The summed E-state index contributed by atoms with van der Waals surface area (Å²) in [7, 11) is -4.49. The van der Waals surface area contributed by atoms with Gasteiger partial charge in [-0.15, -0.1) is 13.8 Å². The molecule has 5 N–H and O–H groups in total. The number of aromatic hydroxyl groups is 1. The second-order valence-electron chi connectivity index (χ2n) is 10.0. The van der Waals surface area contributed by atoms with E-state index in [0.717, 1.165) is 0 Å². The van der Waals surface area contributed by atoms with Crippen molar-refractivity contribution in [2.75, 3.05) is 12.0 Å².